The van der Waals surface area contributed by atoms with Crippen LogP contribution in [0.25, 0.3) is 0 Å². The molecule has 12 nitrogen and oxygen atoms in total. The average molecular weight is 266 g/mol. The number of hydrogen-bond acceptors (Lipinski definition) is 10. The normalized spacial score (nSPS) is 34.4. The van der Waals surface area contributed by atoms with Gasteiger partial charge in [0.15, 0.2) is 0 Å². The molecule has 0 aromatic rings. The number of aliphatic carboxylic acids is 2. The third-order valence-electron chi connectivity index (χ3n) is 2.86. The molecular weight excluding hydrogens is 264 g/mol. The summed E-state index contributed by atoms with van der Waals surface area (Å²) in [5, 5.41) is 17.9. The molecule has 2 N–H and O–H groups in total. The highest BCUT2D eigenvalue weighted by Gasteiger charge is 3.05. The lowest BCUT2D eigenvalue weighted by Crippen LogP contribution is -2.59. The van der Waals surface area contributed by atoms with Crippen molar-refractivity contribution in [3.05, 3.63) is 0 Å². The van der Waals surface area contributed by atoms with Crippen LogP contribution in [0.4, 0.5) is 0 Å². The lowest BCUT2D eigenvalue weighted by Gasteiger charge is -2.12. The van der Waals surface area contributed by atoms with Crippen LogP contribution in [0.5, 0.6) is 0 Å². The van der Waals surface area contributed by atoms with Crippen LogP contribution in [0, 0.1) is 0 Å². The van der Waals surface area contributed by atoms with Crippen LogP contribution in [0.1, 0.15) is 0 Å². The molecule has 0 spiro atoms. The third kappa shape index (κ3) is 0.817. The maximum Gasteiger partial charge on any atom is 0.392 e. The second kappa shape index (κ2) is 2.49. The summed E-state index contributed by atoms with van der Waals surface area (Å²) in [7, 11) is 0. The quantitative estimate of drug-likeness (QED) is 0.405. The molecule has 4 rings (SSSR count). The number of rotatable bonds is 5. The lowest BCUT2D eigenvalue weighted by atomic mass is 9.93. The molecule has 98 valence electrons. The van der Waals surface area contributed by atoms with Gasteiger partial charge in [0.05, 0.1) is 0 Å². The molecule has 0 unspecified atom stereocenters. The van der Waals surface area contributed by atoms with Crippen molar-refractivity contribution in [2.24, 2.45) is 0 Å². The van der Waals surface area contributed by atoms with E-state index >= 15 is 0 Å². The molecule has 4 saturated heterocycles. The van der Waals surface area contributed by atoms with Gasteiger partial charge in [-0.15, -0.1) is 0 Å². The summed E-state index contributed by atoms with van der Waals surface area (Å²) >= 11 is 0. The minimum Gasteiger partial charge on any atom is -0.477 e. The van der Waals surface area contributed by atoms with Crippen molar-refractivity contribution in [3.8, 4) is 0 Å². The first-order valence-corrected chi connectivity index (χ1v) is 4.41. The Labute approximate surface area is 95.1 Å². The second-order valence-corrected chi connectivity index (χ2v) is 3.74. The SMILES string of the molecule is O=C(O)C1(C2(C3(C4(C(=O)O)OO4)OO3)OO2)OO1. The molecular formula is C6H2O12. The monoisotopic (exact) mass is 266 g/mol. The van der Waals surface area contributed by atoms with E-state index in [1.807, 2.05) is 0 Å². The Balaban J connectivity index is 1.76. The van der Waals surface area contributed by atoms with E-state index in [2.05, 4.69) is 39.1 Å². The van der Waals surface area contributed by atoms with Crippen molar-refractivity contribution >= 4 is 11.9 Å². The van der Waals surface area contributed by atoms with Crippen molar-refractivity contribution in [3.63, 3.8) is 0 Å². The van der Waals surface area contributed by atoms with Crippen molar-refractivity contribution in [2.45, 2.75) is 23.1 Å². The zero-order chi connectivity index (χ0) is 12.8. The smallest absolute Gasteiger partial charge is 0.392 e. The van der Waals surface area contributed by atoms with Crippen LogP contribution in [-0.4, -0.2) is 45.3 Å². The third-order valence-corrected chi connectivity index (χ3v) is 2.86. The maximum atomic E-state index is 11.0. The molecule has 4 aliphatic rings. The standard InChI is InChI=1S/C6H2O12/c7-1(8)3(11-12-3)5(15-16-5)6(17-18-6)4(2(9)10)13-14-4/h(H,7,8)(H,9,10). The molecule has 4 aliphatic heterocycles. The van der Waals surface area contributed by atoms with Crippen molar-refractivity contribution in [1.29, 1.82) is 0 Å². The molecule has 0 bridgehead atoms. The highest BCUT2D eigenvalue weighted by atomic mass is 17.5. The Kier molecular flexibility index (Phi) is 1.46. The van der Waals surface area contributed by atoms with Crippen molar-refractivity contribution < 1.29 is 58.9 Å². The first kappa shape index (κ1) is 10.5. The van der Waals surface area contributed by atoms with Gasteiger partial charge in [-0.25, -0.2) is 9.59 Å². The minimum atomic E-state index is -2.42. The summed E-state index contributed by atoms with van der Waals surface area (Å²) in [6.07, 6.45) is 0. The topological polar surface area (TPSA) is 175 Å². The van der Waals surface area contributed by atoms with E-state index < -0.39 is 35.1 Å². The van der Waals surface area contributed by atoms with Gasteiger partial charge in [0.1, 0.15) is 0 Å². The molecule has 18 heavy (non-hydrogen) atoms. The lowest BCUT2D eigenvalue weighted by molar-refractivity contribution is -0.159. The van der Waals surface area contributed by atoms with E-state index in [1.165, 1.54) is 0 Å². The number of carbonyl (C=O) groups is 2. The highest BCUT2D eigenvalue weighted by Crippen LogP contribution is 2.69. The minimum absolute atomic E-state index is 1.64. The number of carboxylic acids is 2. The summed E-state index contributed by atoms with van der Waals surface area (Å²) < 4.78 is 0. The predicted molar refractivity (Wildman–Crippen MR) is 34.9 cm³/mol. The summed E-state index contributed by atoms with van der Waals surface area (Å²) in [6, 6.07) is 0. The van der Waals surface area contributed by atoms with Gasteiger partial charge in [0.25, 0.3) is 0 Å². The Morgan fingerprint density at radius 1 is 0.611 bits per heavy atom. The highest BCUT2D eigenvalue weighted by molar-refractivity contribution is 5.82. The van der Waals surface area contributed by atoms with Crippen LogP contribution in [0.2, 0.25) is 0 Å². The summed E-state index contributed by atoms with van der Waals surface area (Å²) in [4.78, 5) is 57.2. The summed E-state index contributed by atoms with van der Waals surface area (Å²) in [5.41, 5.74) is 0. The van der Waals surface area contributed by atoms with Crippen LogP contribution in [-0.2, 0) is 48.7 Å². The van der Waals surface area contributed by atoms with E-state index in [1.54, 1.807) is 0 Å². The zero-order valence-corrected chi connectivity index (χ0v) is 7.98. The molecule has 4 heterocycles. The van der Waals surface area contributed by atoms with Crippen LogP contribution < -0.4 is 0 Å². The molecule has 0 saturated carbocycles. The van der Waals surface area contributed by atoms with Crippen LogP contribution in [0.3, 0.4) is 0 Å². The predicted octanol–water partition coefficient (Wildman–Crippen LogP) is -2.21. The van der Waals surface area contributed by atoms with Gasteiger partial charge < -0.3 is 10.2 Å². The molecule has 12 heteroatoms. The van der Waals surface area contributed by atoms with Gasteiger partial charge in [-0.05, 0) is 0 Å². The molecule has 0 amide bonds. The van der Waals surface area contributed by atoms with Crippen molar-refractivity contribution in [2.75, 3.05) is 0 Å². The largest absolute Gasteiger partial charge is 0.477 e. The van der Waals surface area contributed by atoms with Gasteiger partial charge in [-0.3, -0.25) is 0 Å². The average Bonchev–Trinajstić information content (AvgIpc) is 3.23. The molecule has 0 aliphatic carbocycles. The Morgan fingerprint density at radius 3 is 1.00 bits per heavy atom. The Morgan fingerprint density at radius 2 is 0.889 bits per heavy atom. The van der Waals surface area contributed by atoms with Crippen molar-refractivity contribution in [1.82, 2.24) is 0 Å². The summed E-state index contributed by atoms with van der Waals surface area (Å²) in [6.45, 7) is 0. The Hall–Kier alpha value is -1.38. The van der Waals surface area contributed by atoms with E-state index in [9.17, 15) is 9.59 Å². The van der Waals surface area contributed by atoms with E-state index in [-0.39, 0.29) is 0 Å². The van der Waals surface area contributed by atoms with Gasteiger partial charge >= 0.3 is 35.1 Å². The summed E-state index contributed by atoms with van der Waals surface area (Å²) in [5.74, 6) is -12.7. The Bertz CT molecular complexity index is 421. The van der Waals surface area contributed by atoms with Gasteiger partial charge in [-0.2, -0.15) is 39.1 Å². The first-order chi connectivity index (χ1) is 8.47. The van der Waals surface area contributed by atoms with Gasteiger partial charge in [0.2, 0.25) is 0 Å². The molecule has 4 fully saturated rings. The first-order valence-electron chi connectivity index (χ1n) is 4.41. The molecule has 0 aromatic heterocycles. The fourth-order valence-electron chi connectivity index (χ4n) is 1.68. The fraction of sp³-hybridized carbons (Fsp3) is 0.667. The van der Waals surface area contributed by atoms with E-state index in [0.717, 1.165) is 0 Å². The van der Waals surface area contributed by atoms with Crippen LogP contribution >= 0.6 is 0 Å². The fourth-order valence-corrected chi connectivity index (χ4v) is 1.68. The molecule has 0 radical (unpaired) electrons. The van der Waals surface area contributed by atoms with Crippen LogP contribution in [0.15, 0.2) is 0 Å². The zero-order valence-electron chi connectivity index (χ0n) is 7.98. The molecule has 0 aromatic carbocycles. The maximum absolute atomic E-state index is 11.0. The molecule has 0 atom stereocenters. The number of carboxylic acid groups (broad SMARTS) is 2. The van der Waals surface area contributed by atoms with Gasteiger partial charge in [0, 0.05) is 0 Å². The van der Waals surface area contributed by atoms with E-state index in [0.29, 0.717) is 0 Å². The van der Waals surface area contributed by atoms with E-state index in [4.69, 9.17) is 10.2 Å². The number of hydrogen-bond donors (Lipinski definition) is 2. The second-order valence-electron chi connectivity index (χ2n) is 3.74. The van der Waals surface area contributed by atoms with Gasteiger partial charge in [-0.1, -0.05) is 0 Å².